The second-order valence-electron chi connectivity index (χ2n) is 18.9. The number of likely N-dealkylation sites (tertiary alicyclic amines) is 1. The first-order chi connectivity index (χ1) is 32.3. The molecule has 1 aromatic heterocycles. The van der Waals surface area contributed by atoms with Crippen LogP contribution in [0, 0.1) is 23.7 Å². The van der Waals surface area contributed by atoms with E-state index in [9.17, 15) is 33.9 Å². The van der Waals surface area contributed by atoms with E-state index in [-0.39, 0.29) is 53.8 Å². The summed E-state index contributed by atoms with van der Waals surface area (Å²) in [5, 5.41) is 16.6. The molecular formula is C50H76N6O10S2. The number of carboxylic acid groups (broad SMARTS) is 1. The van der Waals surface area contributed by atoms with Crippen LogP contribution >= 0.6 is 21.6 Å². The van der Waals surface area contributed by atoms with Crippen LogP contribution in [0.5, 0.6) is 0 Å². The fourth-order valence-corrected chi connectivity index (χ4v) is 12.2. The third-order valence-corrected chi connectivity index (χ3v) is 16.4. The Morgan fingerprint density at radius 2 is 1.54 bits per heavy atom. The number of carbonyl (C=O) groups is 6. The zero-order chi connectivity index (χ0) is 50.2. The van der Waals surface area contributed by atoms with Gasteiger partial charge in [0.25, 0.3) is 0 Å². The summed E-state index contributed by atoms with van der Waals surface area (Å²) in [6.45, 7) is 13.5. The Morgan fingerprint density at radius 3 is 2.13 bits per heavy atom. The quantitative estimate of drug-likeness (QED) is 0.0889. The zero-order valence-corrected chi connectivity index (χ0v) is 43.4. The lowest BCUT2D eigenvalue weighted by atomic mass is 9.89. The molecule has 0 bridgehead atoms. The molecule has 1 aromatic carbocycles. The van der Waals surface area contributed by atoms with E-state index in [1.54, 1.807) is 70.7 Å². The molecule has 0 spiro atoms. The maximum absolute atomic E-state index is 14.7. The summed E-state index contributed by atoms with van der Waals surface area (Å²) >= 11 is 0. The number of carboxylic acids is 1. The number of hydrogen-bond donors (Lipinski definition) is 3. The van der Waals surface area contributed by atoms with Crippen molar-refractivity contribution in [2.45, 2.75) is 159 Å². The molecule has 1 saturated carbocycles. The largest absolute Gasteiger partial charge is 0.480 e. The number of likely N-dealkylation sites (N-methyl/N-ethyl adjacent to an activating group) is 2. The molecule has 0 radical (unpaired) electrons. The molecule has 0 unspecified atom stereocenters. The van der Waals surface area contributed by atoms with Gasteiger partial charge in [-0.15, -0.1) is 0 Å². The number of rotatable bonds is 25. The molecule has 1 saturated heterocycles. The van der Waals surface area contributed by atoms with E-state index in [0.29, 0.717) is 25.8 Å². The van der Waals surface area contributed by atoms with Crippen molar-refractivity contribution in [2.24, 2.45) is 23.7 Å². The van der Waals surface area contributed by atoms with Crippen molar-refractivity contribution in [3.05, 3.63) is 60.3 Å². The van der Waals surface area contributed by atoms with Crippen LogP contribution in [0.1, 0.15) is 99.0 Å². The number of methoxy groups -OCH3 is 2. The van der Waals surface area contributed by atoms with Gasteiger partial charge in [-0.3, -0.25) is 24.1 Å². The van der Waals surface area contributed by atoms with E-state index in [1.807, 2.05) is 77.9 Å². The van der Waals surface area contributed by atoms with Gasteiger partial charge in [0.1, 0.15) is 29.3 Å². The number of benzene rings is 1. The third kappa shape index (κ3) is 15.1. The van der Waals surface area contributed by atoms with Crippen molar-refractivity contribution in [1.29, 1.82) is 0 Å². The number of carbonyl (C=O) groups excluding carboxylic acids is 5. The van der Waals surface area contributed by atoms with Gasteiger partial charge in [-0.1, -0.05) is 102 Å². The van der Waals surface area contributed by atoms with Gasteiger partial charge in [0.05, 0.1) is 41.9 Å². The van der Waals surface area contributed by atoms with Gasteiger partial charge in [-0.2, -0.15) is 0 Å². The number of ether oxygens (including phenoxy) is 3. The van der Waals surface area contributed by atoms with Crippen molar-refractivity contribution >= 4 is 57.3 Å². The van der Waals surface area contributed by atoms with Gasteiger partial charge in [-0.25, -0.2) is 14.6 Å². The van der Waals surface area contributed by atoms with E-state index in [1.165, 1.54) is 19.1 Å². The summed E-state index contributed by atoms with van der Waals surface area (Å²) in [5.74, 6) is -4.29. The molecule has 378 valence electrons. The Morgan fingerprint density at radius 1 is 0.853 bits per heavy atom. The summed E-state index contributed by atoms with van der Waals surface area (Å²) in [6.07, 6.45) is 3.82. The number of nitrogens with one attached hydrogen (secondary N) is 2. The summed E-state index contributed by atoms with van der Waals surface area (Å²) in [5.41, 5.74) is 0.769. The topological polar surface area (TPSA) is 197 Å². The Labute approximate surface area is 411 Å². The number of hydrogen-bond acceptors (Lipinski definition) is 12. The van der Waals surface area contributed by atoms with Crippen LogP contribution in [0.3, 0.4) is 0 Å². The van der Waals surface area contributed by atoms with Crippen LogP contribution in [0.2, 0.25) is 0 Å². The predicted octanol–water partition coefficient (Wildman–Crippen LogP) is 6.71. The minimum absolute atomic E-state index is 0.0701. The van der Waals surface area contributed by atoms with Crippen LogP contribution < -0.4 is 10.6 Å². The Balaban J connectivity index is 1.44. The molecule has 11 atom stereocenters. The van der Waals surface area contributed by atoms with Crippen molar-refractivity contribution in [3.8, 4) is 0 Å². The van der Waals surface area contributed by atoms with Crippen molar-refractivity contribution in [2.75, 3.05) is 34.9 Å². The lowest BCUT2D eigenvalue weighted by molar-refractivity contribution is -0.148. The number of aliphatic carboxylic acids is 1. The summed E-state index contributed by atoms with van der Waals surface area (Å²) in [7, 11) is 9.42. The highest BCUT2D eigenvalue weighted by atomic mass is 33.1. The molecule has 2 heterocycles. The second-order valence-corrected chi connectivity index (χ2v) is 21.4. The molecule has 4 rings (SSSR count). The first-order valence-electron chi connectivity index (χ1n) is 24.0. The first kappa shape index (κ1) is 56.2. The highest BCUT2D eigenvalue weighted by Gasteiger charge is 2.44. The number of aromatic nitrogens is 1. The van der Waals surface area contributed by atoms with Crippen LogP contribution in [0.25, 0.3) is 0 Å². The van der Waals surface area contributed by atoms with E-state index in [0.717, 1.165) is 29.9 Å². The minimum Gasteiger partial charge on any atom is -0.480 e. The second kappa shape index (κ2) is 27.1. The van der Waals surface area contributed by atoms with Crippen LogP contribution in [-0.4, -0.2) is 149 Å². The Kier molecular flexibility index (Phi) is 22.4. The molecule has 1 aliphatic heterocycles. The molecule has 5 amide bonds. The number of pyridine rings is 1. The fraction of sp³-hybridized carbons (Fsp3) is 0.660. The van der Waals surface area contributed by atoms with E-state index >= 15 is 0 Å². The van der Waals surface area contributed by atoms with Gasteiger partial charge in [0.2, 0.25) is 23.6 Å². The minimum atomic E-state index is -1.15. The normalized spacial score (nSPS) is 20.7. The Bertz CT molecular complexity index is 1950. The van der Waals surface area contributed by atoms with Crippen molar-refractivity contribution < 1.29 is 48.1 Å². The van der Waals surface area contributed by atoms with Gasteiger partial charge in [-0.05, 0) is 78.3 Å². The van der Waals surface area contributed by atoms with Crippen molar-refractivity contribution in [1.82, 2.24) is 30.3 Å². The molecule has 2 fully saturated rings. The summed E-state index contributed by atoms with van der Waals surface area (Å²) in [4.78, 5) is 91.8. The number of nitrogens with zero attached hydrogens (tertiary/aromatic N) is 4. The van der Waals surface area contributed by atoms with Crippen molar-refractivity contribution in [3.63, 3.8) is 0 Å². The molecular weight excluding hydrogens is 909 g/mol. The molecule has 16 nitrogen and oxygen atoms in total. The van der Waals surface area contributed by atoms with Crippen LogP contribution in [-0.2, 0) is 44.6 Å². The summed E-state index contributed by atoms with van der Waals surface area (Å²) < 4.78 is 18.0. The molecule has 3 N–H and O–H groups in total. The van der Waals surface area contributed by atoms with E-state index in [4.69, 9.17) is 14.2 Å². The van der Waals surface area contributed by atoms with Gasteiger partial charge in [0.15, 0.2) is 0 Å². The van der Waals surface area contributed by atoms with Gasteiger partial charge < -0.3 is 39.8 Å². The first-order valence-corrected chi connectivity index (χ1v) is 26.2. The zero-order valence-electron chi connectivity index (χ0n) is 41.8. The highest BCUT2D eigenvalue weighted by molar-refractivity contribution is 8.76. The van der Waals surface area contributed by atoms with E-state index in [2.05, 4.69) is 15.6 Å². The third-order valence-electron chi connectivity index (χ3n) is 13.5. The highest BCUT2D eigenvalue weighted by Crippen LogP contribution is 2.42. The van der Waals surface area contributed by atoms with E-state index < -0.39 is 72.2 Å². The number of amides is 5. The summed E-state index contributed by atoms with van der Waals surface area (Å²) in [6, 6.07) is 10.7. The smallest absolute Gasteiger partial charge is 0.410 e. The van der Waals surface area contributed by atoms with Gasteiger partial charge >= 0.3 is 12.1 Å². The monoisotopic (exact) mass is 985 g/mol. The lowest BCUT2D eigenvalue weighted by Gasteiger charge is -2.41. The fourth-order valence-electron chi connectivity index (χ4n) is 9.53. The SMILES string of the molecule is CC[C@H](C)[C@@H]([C@@H](CC(=O)N1CCC[C@H]1[C@H](OC)[C@@H](C)C(=O)N[C@@H](Cc1ccccc1)C(=O)O)OC)N(C)C(=O)[C@@H](NC(=O)[C@H](C(C)C)N(C)C(=O)O[C@@H]1CCC[C@H]1SSc1ccccn1)C(C)C. The Hall–Kier alpha value is -4.39. The molecule has 18 heteroatoms. The molecule has 68 heavy (non-hydrogen) atoms. The lowest BCUT2D eigenvalue weighted by Crippen LogP contribution is -2.60. The molecule has 2 aliphatic rings. The standard InChI is InChI=1S/C50H76N6O10S2/c1-12-32(6)44(38(64-10)29-41(57)56-27-19-22-36(56)45(65-11)33(7)46(58)52-35(49(61)62)28-34-20-14-13-15-21-34)54(8)48(60)42(30(2)3)53-47(59)43(31(4)5)55(9)50(63)66-37-23-18-24-39(37)67-68-40-25-16-17-26-51-40/h13-17,20-21,25-26,30-33,35-39,42-45H,12,18-19,22-24,27-29H2,1-11H3,(H,52,58)(H,53,59)(H,61,62)/t32-,33+,35-,36-,37+,38+,39+,42-,43-,44-,45+/m0/s1. The van der Waals surface area contributed by atoms with Crippen LogP contribution in [0.4, 0.5) is 4.79 Å². The maximum atomic E-state index is 14.7. The average Bonchev–Trinajstić information content (AvgIpc) is 3.99. The van der Waals surface area contributed by atoms with Crippen LogP contribution in [0.15, 0.2) is 59.8 Å². The maximum Gasteiger partial charge on any atom is 0.410 e. The molecule has 1 aliphatic carbocycles. The molecule has 2 aromatic rings. The van der Waals surface area contributed by atoms with Gasteiger partial charge in [0, 0.05) is 47.5 Å². The average molecular weight is 985 g/mol. The predicted molar refractivity (Wildman–Crippen MR) is 265 cm³/mol.